The van der Waals surface area contributed by atoms with Crippen LogP contribution in [0.25, 0.3) is 54.9 Å². The van der Waals surface area contributed by atoms with E-state index in [1.165, 1.54) is 0 Å². The Morgan fingerprint density at radius 1 is 0.378 bits per heavy atom. The highest BCUT2D eigenvalue weighted by Crippen LogP contribution is 2.39. The monoisotopic (exact) mass is 590 g/mol. The minimum atomic E-state index is -0.963. The second kappa shape index (κ2) is 11.6. The lowest BCUT2D eigenvalue weighted by Crippen LogP contribution is -2.10. The smallest absolute Gasteiger partial charge is 0.0651 e. The number of anilines is 3. The lowest BCUT2D eigenvalue weighted by atomic mass is 9.97. The van der Waals surface area contributed by atoms with Crippen molar-refractivity contribution in [1.29, 1.82) is 0 Å². The summed E-state index contributed by atoms with van der Waals surface area (Å²) in [4.78, 5) is 0.716. The zero-order valence-corrected chi connectivity index (χ0v) is 23.5. The Balaban J connectivity index is 1.51. The fourth-order valence-electron chi connectivity index (χ4n) is 5.18. The molecule has 0 atom stereocenters. The van der Waals surface area contributed by atoms with Crippen LogP contribution in [-0.2, 0) is 0 Å². The van der Waals surface area contributed by atoms with Crippen molar-refractivity contribution in [2.75, 3.05) is 4.90 Å². The summed E-state index contributed by atoms with van der Waals surface area (Å²) in [6.07, 6.45) is 0. The van der Waals surface area contributed by atoms with Crippen LogP contribution in [0.1, 0.15) is 23.3 Å². The highest BCUT2D eigenvalue weighted by molar-refractivity contribution is 5.97. The van der Waals surface area contributed by atoms with Gasteiger partial charge in [-0.15, -0.1) is 0 Å². The summed E-state index contributed by atoms with van der Waals surface area (Å²) in [6, 6.07) is 11.3. The Bertz CT molecular complexity index is 3140. The van der Waals surface area contributed by atoms with Gasteiger partial charge in [-0.05, 0) is 97.2 Å². The van der Waals surface area contributed by atoms with Crippen LogP contribution >= 0.6 is 0 Å². The molecule has 0 N–H and O–H groups in total. The van der Waals surface area contributed by atoms with E-state index in [9.17, 15) is 13.7 Å². The number of nitrogens with zero attached hydrogens (tertiary/aromatic N) is 1. The zero-order valence-electron chi connectivity index (χ0n) is 40.5. The van der Waals surface area contributed by atoms with Gasteiger partial charge in [-0.3, -0.25) is 0 Å². The van der Waals surface area contributed by atoms with Crippen molar-refractivity contribution >= 4 is 38.6 Å². The SMILES string of the molecule is [2H]c1c([2H])c([2H])c(-c2c([2H])c([2H])c(N(c3c([2H])c([2H])c(-c4ccc5ccccc5c4)c([2H])c3[2H])c3c([2H])c([2H])c([2H])c(-c4cccc5ccccc45)c3[2H])c([2H])c2[2H])c([2H])c1[2H]. The first-order valence-electron chi connectivity index (χ1n) is 22.6. The van der Waals surface area contributed by atoms with Crippen LogP contribution in [-0.4, -0.2) is 0 Å². The summed E-state index contributed by atoms with van der Waals surface area (Å²) in [5.41, 5.74) is -3.18. The molecule has 0 saturated heterocycles. The molecule has 8 aromatic carbocycles. The summed E-state index contributed by atoms with van der Waals surface area (Å²) in [7, 11) is 0. The lowest BCUT2D eigenvalue weighted by Gasteiger charge is -2.26. The molecule has 1 nitrogen and oxygen atoms in total. The maximum Gasteiger partial charge on any atom is 0.0651 e. The highest BCUT2D eigenvalue weighted by atomic mass is 15.1. The van der Waals surface area contributed by atoms with E-state index in [0.717, 1.165) is 10.8 Å². The van der Waals surface area contributed by atoms with Crippen LogP contribution in [0.15, 0.2) is 188 Å². The van der Waals surface area contributed by atoms with E-state index in [0.29, 0.717) is 21.2 Å². The molecule has 8 rings (SSSR count). The van der Waals surface area contributed by atoms with E-state index in [2.05, 4.69) is 0 Å². The molecule has 1 heteroatoms. The predicted molar refractivity (Wildman–Crippen MR) is 192 cm³/mol. The van der Waals surface area contributed by atoms with Gasteiger partial charge in [-0.25, -0.2) is 0 Å². The van der Waals surface area contributed by atoms with Crippen LogP contribution in [0.2, 0.25) is 0 Å². The summed E-state index contributed by atoms with van der Waals surface area (Å²) in [6.45, 7) is 0. The van der Waals surface area contributed by atoms with Gasteiger partial charge in [0.15, 0.2) is 0 Å². The topological polar surface area (TPSA) is 3.24 Å². The summed E-state index contributed by atoms with van der Waals surface area (Å²) in [5, 5.41) is 2.85. The van der Waals surface area contributed by atoms with Gasteiger partial charge in [0.25, 0.3) is 0 Å². The van der Waals surface area contributed by atoms with Crippen LogP contribution in [0.3, 0.4) is 0 Å². The van der Waals surface area contributed by atoms with E-state index in [1.807, 2.05) is 18.2 Å². The average molecular weight is 591 g/mol. The molecule has 212 valence electrons. The molecular weight excluding hydrogens is 542 g/mol. The Hall–Kier alpha value is -5.92. The van der Waals surface area contributed by atoms with Crippen molar-refractivity contribution in [3.8, 4) is 33.4 Å². The first-order chi connectivity index (χ1) is 29.4. The molecular formula is C44H31N. The second-order valence-corrected chi connectivity index (χ2v) is 10.1. The Morgan fingerprint density at radius 2 is 0.978 bits per heavy atom. The molecule has 0 aliphatic carbocycles. The normalized spacial score (nSPS) is 16.4. The van der Waals surface area contributed by atoms with E-state index in [4.69, 9.17) is 9.60 Å². The molecule has 0 spiro atoms. The van der Waals surface area contributed by atoms with Crippen LogP contribution in [0.4, 0.5) is 17.1 Å². The number of rotatable bonds is 6. The molecule has 0 amide bonds. The third-order valence-electron chi connectivity index (χ3n) is 7.35. The van der Waals surface area contributed by atoms with E-state index >= 15 is 0 Å². The van der Waals surface area contributed by atoms with E-state index in [1.54, 1.807) is 66.7 Å². The average Bonchev–Trinajstić information content (AvgIpc) is 3.26. The lowest BCUT2D eigenvalue weighted by molar-refractivity contribution is 1.28. The van der Waals surface area contributed by atoms with Gasteiger partial charge in [0, 0.05) is 17.1 Å². The maximum absolute atomic E-state index is 9.71. The molecule has 8 aromatic rings. The van der Waals surface area contributed by atoms with Gasteiger partial charge >= 0.3 is 0 Å². The summed E-state index contributed by atoms with van der Waals surface area (Å²) in [5.74, 6) is 0. The molecule has 0 bridgehead atoms. The van der Waals surface area contributed by atoms with Crippen LogP contribution < -0.4 is 4.90 Å². The van der Waals surface area contributed by atoms with Gasteiger partial charge in [0.05, 0.1) is 23.3 Å². The highest BCUT2D eigenvalue weighted by Gasteiger charge is 2.15. The quantitative estimate of drug-likeness (QED) is 0.186. The third-order valence-corrected chi connectivity index (χ3v) is 7.35. The van der Waals surface area contributed by atoms with E-state index < -0.39 is 131 Å². The van der Waals surface area contributed by atoms with Crippen molar-refractivity contribution in [1.82, 2.24) is 0 Å². The van der Waals surface area contributed by atoms with Gasteiger partial charge in [0.1, 0.15) is 0 Å². The van der Waals surface area contributed by atoms with Crippen molar-refractivity contribution in [3.05, 3.63) is 188 Å². The summed E-state index contributed by atoms with van der Waals surface area (Å²) < 4.78 is 153. The minimum Gasteiger partial charge on any atom is -0.310 e. The molecule has 0 aromatic heterocycles. The van der Waals surface area contributed by atoms with Crippen molar-refractivity contribution < 1.29 is 23.3 Å². The number of hydrogen-bond acceptors (Lipinski definition) is 1. The van der Waals surface area contributed by atoms with Gasteiger partial charge in [0.2, 0.25) is 0 Å². The molecule has 45 heavy (non-hydrogen) atoms. The van der Waals surface area contributed by atoms with Gasteiger partial charge < -0.3 is 4.90 Å². The van der Waals surface area contributed by atoms with Crippen molar-refractivity contribution in [2.24, 2.45) is 0 Å². The Labute approximate surface area is 288 Å². The summed E-state index contributed by atoms with van der Waals surface area (Å²) >= 11 is 0. The van der Waals surface area contributed by atoms with Crippen LogP contribution in [0.5, 0.6) is 0 Å². The predicted octanol–water partition coefficient (Wildman–Crippen LogP) is 12.5. The fourth-order valence-corrected chi connectivity index (χ4v) is 5.18. The van der Waals surface area contributed by atoms with Gasteiger partial charge in [-0.1, -0.05) is 145 Å². The molecule has 0 saturated carbocycles. The Morgan fingerprint density at radius 3 is 1.73 bits per heavy atom. The third kappa shape index (κ3) is 5.26. The van der Waals surface area contributed by atoms with Crippen molar-refractivity contribution in [2.45, 2.75) is 0 Å². The molecule has 0 aliphatic heterocycles. The molecule has 0 heterocycles. The second-order valence-electron chi connectivity index (χ2n) is 10.1. The fraction of sp³-hybridized carbons (Fsp3) is 0. The first-order valence-corrected chi connectivity index (χ1v) is 14.1. The number of benzene rings is 8. The number of fused-ring (bicyclic) bond motifs is 2. The Kier molecular flexibility index (Phi) is 3.68. The zero-order chi connectivity index (χ0) is 44.8. The van der Waals surface area contributed by atoms with Crippen molar-refractivity contribution in [3.63, 3.8) is 0 Å². The van der Waals surface area contributed by atoms with Gasteiger partial charge in [-0.2, -0.15) is 0 Å². The first kappa shape index (κ1) is 14.2. The maximum atomic E-state index is 9.71. The molecule has 0 radical (unpaired) electrons. The number of hydrogen-bond donors (Lipinski definition) is 0. The van der Waals surface area contributed by atoms with E-state index in [-0.39, 0.29) is 16.7 Å². The minimum absolute atomic E-state index is 0.123. The molecule has 0 aliphatic rings. The standard InChI is InChI=1S/C44H31N/c1-2-10-32(11-3-1)34-22-26-40(27-23-34)45(41-28-24-35(25-29-41)38-21-20-33-12-4-5-14-37(33)30-38)42-17-8-16-39(31-42)44-19-9-15-36-13-6-7-18-43(36)44/h1-31H/i1D,2D,3D,8D,10D,11D,16D,17D,22D,23D,24D,25D,26D,27D,28D,29D,31D. The van der Waals surface area contributed by atoms with Crippen LogP contribution in [0, 0.1) is 0 Å². The molecule has 0 fully saturated rings. The molecule has 0 unspecified atom stereocenters. The largest absolute Gasteiger partial charge is 0.310 e.